The van der Waals surface area contributed by atoms with Gasteiger partial charge >= 0.3 is 0 Å². The maximum Gasteiger partial charge on any atom is 0.191 e. The van der Waals surface area contributed by atoms with Gasteiger partial charge in [-0.3, -0.25) is 9.89 Å². The van der Waals surface area contributed by atoms with Gasteiger partial charge in [0.1, 0.15) is 11.6 Å². The summed E-state index contributed by atoms with van der Waals surface area (Å²) in [5.74, 6) is 2.65. The van der Waals surface area contributed by atoms with Crippen LogP contribution in [0.1, 0.15) is 36.4 Å². The summed E-state index contributed by atoms with van der Waals surface area (Å²) in [5, 5.41) is 6.99. The molecule has 1 fully saturated rings. The Kier molecular flexibility index (Phi) is 8.53. The molecule has 0 saturated carbocycles. The molecule has 7 heteroatoms. The van der Waals surface area contributed by atoms with E-state index in [1.807, 2.05) is 50.4 Å². The third kappa shape index (κ3) is 6.34. The van der Waals surface area contributed by atoms with Crippen LogP contribution in [0.25, 0.3) is 0 Å². The summed E-state index contributed by atoms with van der Waals surface area (Å²) >= 11 is 0. The zero-order valence-electron chi connectivity index (χ0n) is 19.3. The molecule has 2 heterocycles. The number of anilines is 1. The number of aliphatic imine (C=N–C) groups is 1. The number of rotatable bonds is 8. The number of pyridine rings is 1. The van der Waals surface area contributed by atoms with E-state index in [4.69, 9.17) is 4.74 Å². The fourth-order valence-electron chi connectivity index (χ4n) is 4.08. The molecule has 1 atom stereocenters. The van der Waals surface area contributed by atoms with Crippen LogP contribution >= 0.6 is 0 Å². The number of nitrogens with one attached hydrogen (secondary N) is 2. The van der Waals surface area contributed by atoms with E-state index in [2.05, 4.69) is 43.7 Å². The van der Waals surface area contributed by atoms with Gasteiger partial charge in [-0.2, -0.15) is 0 Å². The molecule has 3 rings (SSSR count). The summed E-state index contributed by atoms with van der Waals surface area (Å²) < 4.78 is 5.34. The second-order valence-electron chi connectivity index (χ2n) is 8.07. The largest absolute Gasteiger partial charge is 0.497 e. The molecule has 1 aliphatic heterocycles. The van der Waals surface area contributed by atoms with E-state index in [-0.39, 0.29) is 0 Å². The van der Waals surface area contributed by atoms with Crippen molar-refractivity contribution in [3.05, 3.63) is 53.7 Å². The summed E-state index contributed by atoms with van der Waals surface area (Å²) in [6.07, 6.45) is 5.66. The fraction of sp³-hybridized carbons (Fsp3) is 0.500. The third-order valence-corrected chi connectivity index (χ3v) is 5.76. The highest BCUT2D eigenvalue weighted by molar-refractivity contribution is 5.79. The van der Waals surface area contributed by atoms with Crippen LogP contribution in [0.15, 0.2) is 47.6 Å². The molecule has 1 aromatic heterocycles. The Bertz CT molecular complexity index is 830. The van der Waals surface area contributed by atoms with Crippen molar-refractivity contribution in [2.45, 2.75) is 31.8 Å². The molecular formula is C24H36N6O. The van der Waals surface area contributed by atoms with Gasteiger partial charge in [-0.25, -0.2) is 4.98 Å². The Morgan fingerprint density at radius 3 is 2.52 bits per heavy atom. The van der Waals surface area contributed by atoms with Crippen molar-refractivity contribution in [1.82, 2.24) is 20.5 Å². The quantitative estimate of drug-likeness (QED) is 0.502. The van der Waals surface area contributed by atoms with Crippen LogP contribution in [0, 0.1) is 0 Å². The number of methoxy groups -OCH3 is 1. The number of hydrogen-bond acceptors (Lipinski definition) is 5. The lowest BCUT2D eigenvalue weighted by Crippen LogP contribution is -2.44. The van der Waals surface area contributed by atoms with Crippen LogP contribution in [-0.2, 0) is 6.54 Å². The third-order valence-electron chi connectivity index (χ3n) is 5.76. The van der Waals surface area contributed by atoms with Gasteiger partial charge in [0.25, 0.3) is 0 Å². The molecule has 7 nitrogen and oxygen atoms in total. The van der Waals surface area contributed by atoms with Crippen molar-refractivity contribution >= 4 is 11.8 Å². The number of hydrogen-bond donors (Lipinski definition) is 2. The number of benzene rings is 1. The summed E-state index contributed by atoms with van der Waals surface area (Å²) in [7, 11) is 7.54. The van der Waals surface area contributed by atoms with Gasteiger partial charge in [-0.15, -0.1) is 0 Å². The number of nitrogens with zero attached hydrogens (tertiary/aromatic N) is 4. The fourth-order valence-corrected chi connectivity index (χ4v) is 4.08. The summed E-state index contributed by atoms with van der Waals surface area (Å²) in [5.41, 5.74) is 2.44. The number of ether oxygens (including phenoxy) is 1. The van der Waals surface area contributed by atoms with Crippen molar-refractivity contribution < 1.29 is 4.74 Å². The predicted octanol–water partition coefficient (Wildman–Crippen LogP) is 3.05. The van der Waals surface area contributed by atoms with Crippen molar-refractivity contribution in [2.75, 3.05) is 52.8 Å². The molecule has 0 radical (unpaired) electrons. The molecule has 0 aliphatic carbocycles. The second kappa shape index (κ2) is 11.6. The van der Waals surface area contributed by atoms with Gasteiger partial charge in [0, 0.05) is 46.0 Å². The smallest absolute Gasteiger partial charge is 0.191 e. The zero-order valence-corrected chi connectivity index (χ0v) is 19.3. The van der Waals surface area contributed by atoms with Crippen LogP contribution in [0.4, 0.5) is 5.82 Å². The second-order valence-corrected chi connectivity index (χ2v) is 8.07. The standard InChI is InChI=1S/C24H36N6O/c1-25-24(27-17-20-9-8-14-26-23(20)29(2)3)28-18-22(30-15-6-5-7-16-30)19-10-12-21(31-4)13-11-19/h8-14,22H,5-7,15-18H2,1-4H3,(H2,25,27,28). The minimum atomic E-state index is 0.292. The summed E-state index contributed by atoms with van der Waals surface area (Å²) in [6.45, 7) is 3.72. The maximum atomic E-state index is 5.34. The Balaban J connectivity index is 1.66. The van der Waals surface area contributed by atoms with Crippen molar-refractivity contribution in [2.24, 2.45) is 4.99 Å². The van der Waals surface area contributed by atoms with Crippen LogP contribution in [-0.4, -0.2) is 63.7 Å². The average molecular weight is 425 g/mol. The maximum absolute atomic E-state index is 5.34. The van der Waals surface area contributed by atoms with Crippen LogP contribution < -0.4 is 20.3 Å². The molecule has 2 N–H and O–H groups in total. The number of piperidine rings is 1. The van der Waals surface area contributed by atoms with Gasteiger partial charge in [0.2, 0.25) is 0 Å². The van der Waals surface area contributed by atoms with Crippen LogP contribution in [0.5, 0.6) is 5.75 Å². The Labute approximate surface area is 186 Å². The molecule has 168 valence electrons. The first-order chi connectivity index (χ1) is 15.1. The molecule has 1 aliphatic rings. The lowest BCUT2D eigenvalue weighted by molar-refractivity contribution is 0.164. The highest BCUT2D eigenvalue weighted by Crippen LogP contribution is 2.26. The molecular weight excluding hydrogens is 388 g/mol. The van der Waals surface area contributed by atoms with Crippen molar-refractivity contribution in [3.63, 3.8) is 0 Å². The Morgan fingerprint density at radius 1 is 1.13 bits per heavy atom. The van der Waals surface area contributed by atoms with Crippen LogP contribution in [0.3, 0.4) is 0 Å². The predicted molar refractivity (Wildman–Crippen MR) is 128 cm³/mol. The van der Waals surface area contributed by atoms with E-state index < -0.39 is 0 Å². The first-order valence-electron chi connectivity index (χ1n) is 11.1. The minimum absolute atomic E-state index is 0.292. The molecule has 0 amide bonds. The summed E-state index contributed by atoms with van der Waals surface area (Å²) in [6, 6.07) is 12.8. The first-order valence-corrected chi connectivity index (χ1v) is 11.1. The first kappa shape index (κ1) is 22.9. The zero-order chi connectivity index (χ0) is 22.1. The summed E-state index contributed by atoms with van der Waals surface area (Å²) in [4.78, 5) is 13.5. The van der Waals surface area contributed by atoms with Crippen molar-refractivity contribution in [1.29, 1.82) is 0 Å². The molecule has 1 saturated heterocycles. The monoisotopic (exact) mass is 424 g/mol. The van der Waals surface area contributed by atoms with E-state index >= 15 is 0 Å². The Morgan fingerprint density at radius 2 is 1.87 bits per heavy atom. The molecule has 0 bridgehead atoms. The van der Waals surface area contributed by atoms with Gasteiger partial charge in [-0.05, 0) is 49.7 Å². The highest BCUT2D eigenvalue weighted by Gasteiger charge is 2.22. The Hall–Kier alpha value is -2.80. The van der Waals surface area contributed by atoms with E-state index in [1.54, 1.807) is 7.11 Å². The van der Waals surface area contributed by atoms with Crippen LogP contribution in [0.2, 0.25) is 0 Å². The normalized spacial score (nSPS) is 15.9. The van der Waals surface area contributed by atoms with E-state index in [0.717, 1.165) is 42.7 Å². The molecule has 1 unspecified atom stereocenters. The van der Waals surface area contributed by atoms with E-state index in [9.17, 15) is 0 Å². The lowest BCUT2D eigenvalue weighted by Gasteiger charge is -2.35. The van der Waals surface area contributed by atoms with Gasteiger partial charge in [0.05, 0.1) is 13.2 Å². The lowest BCUT2D eigenvalue weighted by atomic mass is 10.0. The SMILES string of the molecule is CN=C(NCc1cccnc1N(C)C)NCC(c1ccc(OC)cc1)N1CCCCC1. The van der Waals surface area contributed by atoms with E-state index in [1.165, 1.54) is 24.8 Å². The van der Waals surface area contributed by atoms with Gasteiger partial charge in [-0.1, -0.05) is 24.6 Å². The highest BCUT2D eigenvalue weighted by atomic mass is 16.5. The molecule has 1 aromatic carbocycles. The van der Waals surface area contributed by atoms with Gasteiger partial charge in [0.15, 0.2) is 5.96 Å². The molecule has 31 heavy (non-hydrogen) atoms. The topological polar surface area (TPSA) is 65.0 Å². The number of guanidine groups is 1. The molecule has 2 aromatic rings. The average Bonchev–Trinajstić information content (AvgIpc) is 2.82. The van der Waals surface area contributed by atoms with Gasteiger partial charge < -0.3 is 20.3 Å². The molecule has 0 spiro atoms. The minimum Gasteiger partial charge on any atom is -0.497 e. The number of likely N-dealkylation sites (tertiary alicyclic amines) is 1. The number of aromatic nitrogens is 1. The van der Waals surface area contributed by atoms with Crippen molar-refractivity contribution in [3.8, 4) is 5.75 Å². The van der Waals surface area contributed by atoms with E-state index in [0.29, 0.717) is 12.6 Å².